The minimum Gasteiger partial charge on any atom is -0.334 e. The molecule has 1 saturated carbocycles. The summed E-state index contributed by atoms with van der Waals surface area (Å²) in [6, 6.07) is 6.92. The van der Waals surface area contributed by atoms with Gasteiger partial charge in [0.2, 0.25) is 0 Å². The number of nitrogens with zero attached hydrogens (tertiary/aromatic N) is 2. The summed E-state index contributed by atoms with van der Waals surface area (Å²) in [6.07, 6.45) is 6.32. The van der Waals surface area contributed by atoms with Crippen LogP contribution >= 0.6 is 11.6 Å². The summed E-state index contributed by atoms with van der Waals surface area (Å²) < 4.78 is 1.98. The van der Waals surface area contributed by atoms with Gasteiger partial charge in [-0.3, -0.25) is 0 Å². The van der Waals surface area contributed by atoms with Crippen LogP contribution in [0, 0.1) is 0 Å². The van der Waals surface area contributed by atoms with Gasteiger partial charge in [-0.25, -0.2) is 4.98 Å². The van der Waals surface area contributed by atoms with Gasteiger partial charge in [0.05, 0.1) is 5.02 Å². The zero-order chi connectivity index (χ0) is 12.5. The lowest BCUT2D eigenvalue weighted by atomic mass is 10.1. The first-order chi connectivity index (χ1) is 8.74. The number of aromatic nitrogens is 2. The molecule has 0 radical (unpaired) electrons. The standard InChI is InChI=1S/C14H16ClN3/c1-18-7-6-16-14(18)12-5-2-10(8-13(12)15)9-17-11-3-4-11/h2,5-8,11,17H,3-4,9H2,1H3. The van der Waals surface area contributed by atoms with E-state index in [1.807, 2.05) is 23.9 Å². The van der Waals surface area contributed by atoms with E-state index in [9.17, 15) is 0 Å². The Kier molecular flexibility index (Phi) is 3.10. The number of imidazole rings is 1. The lowest BCUT2D eigenvalue weighted by molar-refractivity contribution is 0.688. The lowest BCUT2D eigenvalue weighted by Crippen LogP contribution is -2.15. The van der Waals surface area contributed by atoms with Crippen LogP contribution in [0.2, 0.25) is 5.02 Å². The van der Waals surface area contributed by atoms with Gasteiger partial charge in [0.1, 0.15) is 5.82 Å². The molecule has 3 rings (SSSR count). The fourth-order valence-corrected chi connectivity index (χ4v) is 2.31. The van der Waals surface area contributed by atoms with E-state index in [0.29, 0.717) is 0 Å². The average molecular weight is 262 g/mol. The quantitative estimate of drug-likeness (QED) is 0.917. The van der Waals surface area contributed by atoms with Crippen molar-refractivity contribution in [1.82, 2.24) is 14.9 Å². The molecule has 1 aliphatic carbocycles. The highest BCUT2D eigenvalue weighted by Crippen LogP contribution is 2.27. The third-order valence-electron chi connectivity index (χ3n) is 3.27. The van der Waals surface area contributed by atoms with E-state index < -0.39 is 0 Å². The summed E-state index contributed by atoms with van der Waals surface area (Å²) in [5.41, 5.74) is 2.21. The van der Waals surface area contributed by atoms with Gasteiger partial charge in [0.25, 0.3) is 0 Å². The Balaban J connectivity index is 1.82. The number of halogens is 1. The van der Waals surface area contributed by atoms with Gasteiger partial charge in [-0.2, -0.15) is 0 Å². The van der Waals surface area contributed by atoms with Crippen LogP contribution in [0.4, 0.5) is 0 Å². The number of benzene rings is 1. The predicted octanol–water partition coefficient (Wildman–Crippen LogP) is 2.99. The zero-order valence-corrected chi connectivity index (χ0v) is 11.1. The van der Waals surface area contributed by atoms with Gasteiger partial charge in [0.15, 0.2) is 0 Å². The van der Waals surface area contributed by atoms with E-state index >= 15 is 0 Å². The summed E-state index contributed by atoms with van der Waals surface area (Å²) in [5, 5.41) is 4.25. The molecular formula is C14H16ClN3. The van der Waals surface area contributed by atoms with Gasteiger partial charge in [-0.1, -0.05) is 17.7 Å². The molecule has 1 aromatic heterocycles. The summed E-state index contributed by atoms with van der Waals surface area (Å²) in [6.45, 7) is 0.894. The van der Waals surface area contributed by atoms with Gasteiger partial charge >= 0.3 is 0 Å². The first kappa shape index (κ1) is 11.8. The third kappa shape index (κ3) is 2.42. The third-order valence-corrected chi connectivity index (χ3v) is 3.58. The molecule has 0 bridgehead atoms. The first-order valence-corrected chi connectivity index (χ1v) is 6.61. The van der Waals surface area contributed by atoms with Crippen molar-refractivity contribution in [2.24, 2.45) is 7.05 Å². The van der Waals surface area contributed by atoms with E-state index in [2.05, 4.69) is 22.4 Å². The second-order valence-corrected chi connectivity index (χ2v) is 5.24. The number of hydrogen-bond donors (Lipinski definition) is 1. The molecule has 0 amide bonds. The van der Waals surface area contributed by atoms with E-state index in [4.69, 9.17) is 11.6 Å². The Bertz CT molecular complexity index is 558. The fourth-order valence-electron chi connectivity index (χ4n) is 2.02. The average Bonchev–Trinajstić information content (AvgIpc) is 3.09. The molecule has 1 heterocycles. The molecule has 0 unspecified atom stereocenters. The molecule has 0 spiro atoms. The largest absolute Gasteiger partial charge is 0.334 e. The molecule has 1 N–H and O–H groups in total. The predicted molar refractivity (Wildman–Crippen MR) is 73.5 cm³/mol. The number of rotatable bonds is 4. The minimum absolute atomic E-state index is 0.720. The highest BCUT2D eigenvalue weighted by molar-refractivity contribution is 6.33. The van der Waals surface area contributed by atoms with Gasteiger partial charge in [-0.15, -0.1) is 0 Å². The molecule has 1 aromatic carbocycles. The first-order valence-electron chi connectivity index (χ1n) is 6.23. The fraction of sp³-hybridized carbons (Fsp3) is 0.357. The summed E-state index contributed by atoms with van der Waals surface area (Å²) in [7, 11) is 1.97. The van der Waals surface area contributed by atoms with E-state index in [1.165, 1.54) is 18.4 Å². The second-order valence-electron chi connectivity index (χ2n) is 4.83. The molecule has 0 aliphatic heterocycles. The van der Waals surface area contributed by atoms with Crippen molar-refractivity contribution in [2.75, 3.05) is 0 Å². The molecular weight excluding hydrogens is 246 g/mol. The van der Waals surface area contributed by atoms with Crippen LogP contribution in [0.25, 0.3) is 11.4 Å². The Hall–Kier alpha value is -1.32. The van der Waals surface area contributed by atoms with Crippen LogP contribution < -0.4 is 5.32 Å². The van der Waals surface area contributed by atoms with Gasteiger partial charge in [0, 0.05) is 37.6 Å². The molecule has 1 fully saturated rings. The van der Waals surface area contributed by atoms with Crippen LogP contribution in [0.1, 0.15) is 18.4 Å². The van der Waals surface area contributed by atoms with Crippen LogP contribution in [-0.2, 0) is 13.6 Å². The van der Waals surface area contributed by atoms with Crippen molar-refractivity contribution in [3.8, 4) is 11.4 Å². The Morgan fingerprint density at radius 2 is 2.28 bits per heavy atom. The van der Waals surface area contributed by atoms with Crippen LogP contribution in [0.5, 0.6) is 0 Å². The molecule has 2 aromatic rings. The lowest BCUT2D eigenvalue weighted by Gasteiger charge is -2.08. The van der Waals surface area contributed by atoms with Crippen LogP contribution in [-0.4, -0.2) is 15.6 Å². The van der Waals surface area contributed by atoms with E-state index in [-0.39, 0.29) is 0 Å². The summed E-state index contributed by atoms with van der Waals surface area (Å²) in [5.74, 6) is 0.904. The Morgan fingerprint density at radius 1 is 1.44 bits per heavy atom. The number of aryl methyl sites for hydroxylation is 1. The molecule has 94 valence electrons. The second kappa shape index (κ2) is 4.75. The molecule has 3 nitrogen and oxygen atoms in total. The van der Waals surface area contributed by atoms with Crippen LogP contribution in [0.3, 0.4) is 0 Å². The van der Waals surface area contributed by atoms with Crippen molar-refractivity contribution in [1.29, 1.82) is 0 Å². The normalized spacial score (nSPS) is 15.0. The van der Waals surface area contributed by atoms with Crippen molar-refractivity contribution >= 4 is 11.6 Å². The van der Waals surface area contributed by atoms with Gasteiger partial charge in [-0.05, 0) is 30.5 Å². The summed E-state index contributed by atoms with van der Waals surface area (Å²) in [4.78, 5) is 4.32. The topological polar surface area (TPSA) is 29.9 Å². The highest BCUT2D eigenvalue weighted by Gasteiger charge is 2.20. The van der Waals surface area contributed by atoms with E-state index in [1.54, 1.807) is 6.20 Å². The number of nitrogens with one attached hydrogen (secondary N) is 1. The molecule has 4 heteroatoms. The zero-order valence-electron chi connectivity index (χ0n) is 10.4. The van der Waals surface area contributed by atoms with Crippen molar-refractivity contribution < 1.29 is 0 Å². The SMILES string of the molecule is Cn1ccnc1-c1ccc(CNC2CC2)cc1Cl. The van der Waals surface area contributed by atoms with Crippen molar-refractivity contribution in [3.63, 3.8) is 0 Å². The van der Waals surface area contributed by atoms with Crippen LogP contribution in [0.15, 0.2) is 30.6 Å². The van der Waals surface area contributed by atoms with Crippen molar-refractivity contribution in [3.05, 3.63) is 41.2 Å². The van der Waals surface area contributed by atoms with E-state index in [0.717, 1.165) is 29.0 Å². The maximum Gasteiger partial charge on any atom is 0.141 e. The smallest absolute Gasteiger partial charge is 0.141 e. The van der Waals surface area contributed by atoms with Gasteiger partial charge < -0.3 is 9.88 Å². The number of hydrogen-bond acceptors (Lipinski definition) is 2. The minimum atomic E-state index is 0.720. The molecule has 18 heavy (non-hydrogen) atoms. The maximum atomic E-state index is 6.34. The molecule has 0 saturated heterocycles. The molecule has 0 atom stereocenters. The monoisotopic (exact) mass is 261 g/mol. The molecule has 1 aliphatic rings. The highest BCUT2D eigenvalue weighted by atomic mass is 35.5. The summed E-state index contributed by atoms with van der Waals surface area (Å²) >= 11 is 6.34. The van der Waals surface area contributed by atoms with Crippen molar-refractivity contribution in [2.45, 2.75) is 25.4 Å². The maximum absolute atomic E-state index is 6.34. The Morgan fingerprint density at radius 3 is 2.89 bits per heavy atom. The Labute approximate surface area is 112 Å².